The maximum atomic E-state index is 5.96. The molecule has 0 saturated carbocycles. The fourth-order valence-corrected chi connectivity index (χ4v) is 1.56. The molecule has 76 valence electrons. The van der Waals surface area contributed by atoms with Gasteiger partial charge in [0.25, 0.3) is 0 Å². The van der Waals surface area contributed by atoms with E-state index in [1.807, 2.05) is 0 Å². The summed E-state index contributed by atoms with van der Waals surface area (Å²) in [6.07, 6.45) is 3.15. The van der Waals surface area contributed by atoms with Gasteiger partial charge in [0.1, 0.15) is 5.15 Å². The topological polar surface area (TPSA) is 64.7 Å². The second-order valence-corrected chi connectivity index (χ2v) is 3.58. The van der Waals surface area contributed by atoms with Crippen molar-refractivity contribution in [2.24, 2.45) is 0 Å². The molecule has 0 atom stereocenters. The lowest BCUT2D eigenvalue weighted by molar-refractivity contribution is 1.19. The van der Waals surface area contributed by atoms with E-state index in [0.717, 1.165) is 5.56 Å². The van der Waals surface area contributed by atoms with Crippen LogP contribution in [-0.4, -0.2) is 15.0 Å². The van der Waals surface area contributed by atoms with E-state index >= 15 is 0 Å². The number of nitrogen functional groups attached to an aromatic ring is 1. The number of pyridine rings is 1. The molecule has 0 radical (unpaired) electrons. The van der Waals surface area contributed by atoms with Crippen LogP contribution in [0.3, 0.4) is 0 Å². The second-order valence-electron chi connectivity index (χ2n) is 2.79. The van der Waals surface area contributed by atoms with Crippen molar-refractivity contribution in [3.63, 3.8) is 0 Å². The molecule has 2 aromatic rings. The first-order valence-electron chi connectivity index (χ1n) is 4.07. The van der Waals surface area contributed by atoms with Crippen molar-refractivity contribution in [1.29, 1.82) is 0 Å². The highest BCUT2D eigenvalue weighted by atomic mass is 35.5. The van der Waals surface area contributed by atoms with Gasteiger partial charge in [-0.2, -0.15) is 0 Å². The maximum absolute atomic E-state index is 5.96. The first kappa shape index (κ1) is 10.1. The highest BCUT2D eigenvalue weighted by Crippen LogP contribution is 2.26. The molecule has 2 rings (SSSR count). The third-order valence-corrected chi connectivity index (χ3v) is 2.26. The molecule has 6 heteroatoms. The normalized spacial score (nSPS) is 10.3. The summed E-state index contributed by atoms with van der Waals surface area (Å²) in [6, 6.07) is 3.33. The van der Waals surface area contributed by atoms with E-state index < -0.39 is 0 Å². The number of aromatic nitrogens is 3. The van der Waals surface area contributed by atoms with Crippen molar-refractivity contribution in [3.05, 3.63) is 34.7 Å². The predicted octanol–water partition coefficient (Wildman–Crippen LogP) is 2.43. The van der Waals surface area contributed by atoms with Crippen molar-refractivity contribution in [1.82, 2.24) is 15.0 Å². The minimum atomic E-state index is 0.116. The zero-order chi connectivity index (χ0) is 10.8. The SMILES string of the molecule is Nc1nc(Cl)cc(-c2ccncc2Cl)n1. The quantitative estimate of drug-likeness (QED) is 0.778. The Morgan fingerprint density at radius 3 is 2.67 bits per heavy atom. The molecule has 0 fully saturated rings. The minimum Gasteiger partial charge on any atom is -0.368 e. The molecule has 0 aliphatic carbocycles. The summed E-state index contributed by atoms with van der Waals surface area (Å²) in [5.41, 5.74) is 6.79. The largest absolute Gasteiger partial charge is 0.368 e. The molecule has 0 spiro atoms. The van der Waals surface area contributed by atoms with E-state index in [4.69, 9.17) is 28.9 Å². The van der Waals surface area contributed by atoms with Gasteiger partial charge in [0.15, 0.2) is 0 Å². The van der Waals surface area contributed by atoms with Crippen molar-refractivity contribution in [2.45, 2.75) is 0 Å². The summed E-state index contributed by atoms with van der Waals surface area (Å²) in [5.74, 6) is 0.116. The lowest BCUT2D eigenvalue weighted by atomic mass is 10.2. The Bertz CT molecular complexity index is 481. The summed E-state index contributed by atoms with van der Waals surface area (Å²) >= 11 is 11.7. The van der Waals surface area contributed by atoms with Crippen LogP contribution in [0.25, 0.3) is 11.3 Å². The Balaban J connectivity index is 2.59. The number of hydrogen-bond donors (Lipinski definition) is 1. The van der Waals surface area contributed by atoms with Gasteiger partial charge >= 0.3 is 0 Å². The number of anilines is 1. The van der Waals surface area contributed by atoms with Crippen LogP contribution in [0.15, 0.2) is 24.5 Å². The molecule has 0 unspecified atom stereocenters. The molecule has 0 aliphatic rings. The van der Waals surface area contributed by atoms with Gasteiger partial charge in [-0.15, -0.1) is 0 Å². The van der Waals surface area contributed by atoms with Gasteiger partial charge in [0, 0.05) is 24.0 Å². The predicted molar refractivity (Wildman–Crippen MR) is 59.7 cm³/mol. The van der Waals surface area contributed by atoms with Crippen LogP contribution in [0, 0.1) is 0 Å². The molecule has 15 heavy (non-hydrogen) atoms. The van der Waals surface area contributed by atoms with Crippen LogP contribution in [0.2, 0.25) is 10.2 Å². The van der Waals surface area contributed by atoms with E-state index in [9.17, 15) is 0 Å². The van der Waals surface area contributed by atoms with Crippen LogP contribution in [0.4, 0.5) is 5.95 Å². The summed E-state index contributed by atoms with van der Waals surface area (Å²) in [4.78, 5) is 11.7. The van der Waals surface area contributed by atoms with Crippen molar-refractivity contribution in [2.75, 3.05) is 5.73 Å². The Labute approximate surface area is 96.1 Å². The Hall–Kier alpha value is -1.39. The smallest absolute Gasteiger partial charge is 0.221 e. The third-order valence-electron chi connectivity index (χ3n) is 1.76. The molecular weight excluding hydrogens is 235 g/mol. The summed E-state index contributed by atoms with van der Waals surface area (Å²) in [6.45, 7) is 0. The zero-order valence-corrected chi connectivity index (χ0v) is 9.00. The third kappa shape index (κ3) is 2.16. The lowest BCUT2D eigenvalue weighted by Gasteiger charge is -2.03. The monoisotopic (exact) mass is 240 g/mol. The molecular formula is C9H6Cl2N4. The molecule has 4 nitrogen and oxygen atoms in total. The first-order chi connectivity index (χ1) is 7.16. The standard InChI is InChI=1S/C9H6Cl2N4/c10-6-4-13-2-1-5(6)7-3-8(11)15-9(12)14-7/h1-4H,(H2,12,14,15). The molecule has 0 saturated heterocycles. The van der Waals surface area contributed by atoms with Crippen molar-refractivity contribution in [3.8, 4) is 11.3 Å². The number of nitrogens with zero attached hydrogens (tertiary/aromatic N) is 3. The molecule has 0 amide bonds. The summed E-state index contributed by atoms with van der Waals surface area (Å²) in [5, 5.41) is 0.775. The number of hydrogen-bond acceptors (Lipinski definition) is 4. The molecule has 0 aliphatic heterocycles. The van der Waals surface area contributed by atoms with E-state index in [1.54, 1.807) is 18.3 Å². The van der Waals surface area contributed by atoms with Gasteiger partial charge in [0.2, 0.25) is 5.95 Å². The van der Waals surface area contributed by atoms with Gasteiger partial charge in [-0.3, -0.25) is 4.98 Å². The van der Waals surface area contributed by atoms with Gasteiger partial charge < -0.3 is 5.73 Å². The molecule has 0 bridgehead atoms. The van der Waals surface area contributed by atoms with Crippen LogP contribution in [0.5, 0.6) is 0 Å². The molecule has 2 aromatic heterocycles. The van der Waals surface area contributed by atoms with E-state index in [0.29, 0.717) is 10.7 Å². The van der Waals surface area contributed by atoms with Crippen molar-refractivity contribution >= 4 is 29.2 Å². The Morgan fingerprint density at radius 1 is 1.20 bits per heavy atom. The van der Waals surface area contributed by atoms with Gasteiger partial charge in [-0.25, -0.2) is 9.97 Å². The average molecular weight is 241 g/mol. The maximum Gasteiger partial charge on any atom is 0.221 e. The summed E-state index contributed by atoms with van der Waals surface area (Å²) < 4.78 is 0. The number of nitrogens with two attached hydrogens (primary N) is 1. The molecule has 0 aromatic carbocycles. The average Bonchev–Trinajstić information content (AvgIpc) is 2.16. The fraction of sp³-hybridized carbons (Fsp3) is 0. The molecule has 2 N–H and O–H groups in total. The van der Waals surface area contributed by atoms with E-state index in [1.165, 1.54) is 6.20 Å². The Kier molecular flexibility index (Phi) is 2.70. The summed E-state index contributed by atoms with van der Waals surface area (Å²) in [7, 11) is 0. The van der Waals surface area contributed by atoms with Gasteiger partial charge in [-0.1, -0.05) is 23.2 Å². The first-order valence-corrected chi connectivity index (χ1v) is 4.82. The number of halogens is 2. The van der Waals surface area contributed by atoms with Gasteiger partial charge in [0.05, 0.1) is 10.7 Å². The van der Waals surface area contributed by atoms with Crippen LogP contribution in [-0.2, 0) is 0 Å². The highest BCUT2D eigenvalue weighted by Gasteiger charge is 2.07. The lowest BCUT2D eigenvalue weighted by Crippen LogP contribution is -1.96. The Morgan fingerprint density at radius 2 is 2.00 bits per heavy atom. The zero-order valence-electron chi connectivity index (χ0n) is 7.48. The minimum absolute atomic E-state index is 0.116. The highest BCUT2D eigenvalue weighted by molar-refractivity contribution is 6.33. The van der Waals surface area contributed by atoms with Crippen LogP contribution < -0.4 is 5.73 Å². The molecule has 2 heterocycles. The number of rotatable bonds is 1. The van der Waals surface area contributed by atoms with Crippen LogP contribution >= 0.6 is 23.2 Å². The van der Waals surface area contributed by atoms with E-state index in [-0.39, 0.29) is 11.1 Å². The van der Waals surface area contributed by atoms with E-state index in [2.05, 4.69) is 15.0 Å². The van der Waals surface area contributed by atoms with Crippen LogP contribution in [0.1, 0.15) is 0 Å². The van der Waals surface area contributed by atoms with Gasteiger partial charge in [-0.05, 0) is 6.07 Å². The second kappa shape index (κ2) is 4.00. The van der Waals surface area contributed by atoms with Crippen molar-refractivity contribution < 1.29 is 0 Å². The fourth-order valence-electron chi connectivity index (χ4n) is 1.16.